The van der Waals surface area contributed by atoms with E-state index in [2.05, 4.69) is 25.0 Å². The van der Waals surface area contributed by atoms with Crippen molar-refractivity contribution in [3.05, 3.63) is 60.4 Å². The highest BCUT2D eigenvalue weighted by atomic mass is 32.2. The lowest BCUT2D eigenvalue weighted by Gasteiger charge is -2.12. The third-order valence-corrected chi connectivity index (χ3v) is 6.86. The number of sulfonamides is 1. The molecule has 0 aliphatic carbocycles. The van der Waals surface area contributed by atoms with Crippen LogP contribution in [0.25, 0.3) is 21.8 Å². The van der Waals surface area contributed by atoms with Crippen molar-refractivity contribution < 1.29 is 13.2 Å². The number of anilines is 2. The van der Waals surface area contributed by atoms with Crippen molar-refractivity contribution in [2.45, 2.75) is 25.5 Å². The fourth-order valence-electron chi connectivity index (χ4n) is 3.00. The van der Waals surface area contributed by atoms with E-state index in [-0.39, 0.29) is 11.6 Å². The van der Waals surface area contributed by atoms with Gasteiger partial charge >= 0.3 is 0 Å². The predicted octanol–water partition coefficient (Wildman–Crippen LogP) is 3.90. The Balaban J connectivity index is 1.55. The Kier molecular flexibility index (Phi) is 5.13. The topological polar surface area (TPSA) is 117 Å². The minimum Gasteiger partial charge on any atom is -0.324 e. The van der Waals surface area contributed by atoms with Gasteiger partial charge in [-0.1, -0.05) is 31.2 Å². The van der Waals surface area contributed by atoms with Gasteiger partial charge in [-0.3, -0.25) is 19.8 Å². The van der Waals surface area contributed by atoms with Crippen molar-refractivity contribution in [3.63, 3.8) is 0 Å². The number of imidazole rings is 1. The average molecular weight is 423 g/mol. The Labute approximate surface area is 173 Å². The number of nitrogens with zero attached hydrogens (tertiary/aromatic N) is 2. The molecule has 8 nitrogen and oxygen atoms in total. The van der Waals surface area contributed by atoms with E-state index < -0.39 is 21.2 Å². The van der Waals surface area contributed by atoms with E-state index in [1.807, 2.05) is 31.2 Å². The second-order valence-corrected chi connectivity index (χ2v) is 9.15. The fourth-order valence-corrected chi connectivity index (χ4v) is 4.09. The lowest BCUT2D eigenvalue weighted by atomic mass is 10.1. The first-order chi connectivity index (χ1) is 14.4. The highest BCUT2D eigenvalue weighted by Gasteiger charge is 2.19. The monoisotopic (exact) mass is 423 g/mol. The van der Waals surface area contributed by atoms with Gasteiger partial charge in [-0.05, 0) is 43.0 Å². The van der Waals surface area contributed by atoms with Crippen molar-refractivity contribution in [1.82, 2.24) is 15.0 Å². The molecule has 0 bridgehead atoms. The molecule has 2 aromatic heterocycles. The number of amides is 1. The zero-order chi connectivity index (χ0) is 21.3. The molecular formula is C21H21N5O3S. The molecule has 154 valence electrons. The van der Waals surface area contributed by atoms with Crippen LogP contribution in [0.5, 0.6) is 0 Å². The third-order valence-electron chi connectivity index (χ3n) is 4.94. The third kappa shape index (κ3) is 3.97. The standard InChI is InChI=1S/C21H21N5O3S/c1-3-13(2)30(28,29)26-16-8-9-17-18(11-16)24-21(23-17)25-20(27)19-10-14-6-4-5-7-15(14)12-22-19/h4-13,26H,3H2,1-2H3,(H2,23,24,25,27). The summed E-state index contributed by atoms with van der Waals surface area (Å²) in [5.74, 6) is -0.135. The minimum absolute atomic E-state index is 0.256. The maximum atomic E-state index is 12.6. The number of carbonyl (C=O) groups excluding carboxylic acids is 1. The van der Waals surface area contributed by atoms with Gasteiger partial charge in [-0.15, -0.1) is 0 Å². The van der Waals surface area contributed by atoms with Crippen molar-refractivity contribution in [2.75, 3.05) is 10.0 Å². The maximum Gasteiger partial charge on any atom is 0.276 e. The first-order valence-electron chi connectivity index (χ1n) is 9.53. The largest absolute Gasteiger partial charge is 0.324 e. The van der Waals surface area contributed by atoms with Gasteiger partial charge in [0.15, 0.2) is 0 Å². The Hall–Kier alpha value is -3.46. The molecule has 0 saturated carbocycles. The molecule has 0 radical (unpaired) electrons. The zero-order valence-corrected chi connectivity index (χ0v) is 17.3. The van der Waals surface area contributed by atoms with Crippen molar-refractivity contribution in [3.8, 4) is 0 Å². The fraction of sp³-hybridized carbons (Fsp3) is 0.190. The summed E-state index contributed by atoms with van der Waals surface area (Å²) in [6, 6.07) is 14.3. The lowest BCUT2D eigenvalue weighted by Crippen LogP contribution is -2.24. The highest BCUT2D eigenvalue weighted by molar-refractivity contribution is 7.93. The van der Waals surface area contributed by atoms with Crippen LogP contribution in [0.3, 0.4) is 0 Å². The first-order valence-corrected chi connectivity index (χ1v) is 11.1. The van der Waals surface area contributed by atoms with Crippen molar-refractivity contribution in [1.29, 1.82) is 0 Å². The molecule has 1 atom stereocenters. The molecule has 1 unspecified atom stereocenters. The molecule has 9 heteroatoms. The van der Waals surface area contributed by atoms with Crippen LogP contribution in [-0.4, -0.2) is 34.5 Å². The second kappa shape index (κ2) is 7.75. The molecule has 0 spiro atoms. The Morgan fingerprint density at radius 1 is 1.13 bits per heavy atom. The Morgan fingerprint density at radius 3 is 2.67 bits per heavy atom. The number of nitrogens with one attached hydrogen (secondary N) is 3. The van der Waals surface area contributed by atoms with Crippen LogP contribution in [0, 0.1) is 0 Å². The number of H-pyrrole nitrogens is 1. The van der Waals surface area contributed by atoms with Gasteiger partial charge in [0.25, 0.3) is 5.91 Å². The average Bonchev–Trinajstić information content (AvgIpc) is 3.13. The van der Waals surface area contributed by atoms with E-state index in [4.69, 9.17) is 0 Å². The molecule has 1 amide bonds. The van der Waals surface area contributed by atoms with Gasteiger partial charge in [0.1, 0.15) is 5.69 Å². The first kappa shape index (κ1) is 19.8. The molecule has 0 aliphatic heterocycles. The van der Waals surface area contributed by atoms with Crippen molar-refractivity contribution in [2.24, 2.45) is 0 Å². The SMILES string of the molecule is CCC(C)S(=O)(=O)Nc1ccc2nc(NC(=O)c3cc4ccccc4cn3)[nH]c2c1. The minimum atomic E-state index is -3.46. The van der Waals surface area contributed by atoms with E-state index in [9.17, 15) is 13.2 Å². The Bertz CT molecular complexity index is 1350. The summed E-state index contributed by atoms with van der Waals surface area (Å²) < 4.78 is 27.1. The molecule has 4 rings (SSSR count). The van der Waals surface area contributed by atoms with Crippen LogP contribution in [-0.2, 0) is 10.0 Å². The van der Waals surface area contributed by atoms with E-state index in [1.54, 1.807) is 37.4 Å². The molecule has 2 aromatic carbocycles. The van der Waals surface area contributed by atoms with E-state index >= 15 is 0 Å². The Morgan fingerprint density at radius 2 is 1.90 bits per heavy atom. The van der Waals surface area contributed by atoms with Gasteiger partial charge < -0.3 is 4.98 Å². The maximum absolute atomic E-state index is 12.6. The van der Waals surface area contributed by atoms with Gasteiger partial charge in [-0.25, -0.2) is 13.4 Å². The van der Waals surface area contributed by atoms with E-state index in [0.717, 1.165) is 10.8 Å². The summed E-state index contributed by atoms with van der Waals surface area (Å²) in [6.07, 6.45) is 2.17. The number of aromatic nitrogens is 3. The van der Waals surface area contributed by atoms with Crippen LogP contribution < -0.4 is 10.0 Å². The van der Waals surface area contributed by atoms with Crippen LogP contribution in [0.1, 0.15) is 30.8 Å². The molecule has 30 heavy (non-hydrogen) atoms. The van der Waals surface area contributed by atoms with Crippen LogP contribution in [0.4, 0.5) is 11.6 Å². The van der Waals surface area contributed by atoms with Crippen LogP contribution in [0.15, 0.2) is 54.7 Å². The summed E-state index contributed by atoms with van der Waals surface area (Å²) in [5, 5.41) is 4.07. The van der Waals surface area contributed by atoms with E-state index in [1.165, 1.54) is 0 Å². The number of hydrogen-bond acceptors (Lipinski definition) is 5. The summed E-state index contributed by atoms with van der Waals surface area (Å²) in [6.45, 7) is 3.48. The number of rotatable bonds is 6. The summed E-state index contributed by atoms with van der Waals surface area (Å²) >= 11 is 0. The van der Waals surface area contributed by atoms with Gasteiger partial charge in [0.2, 0.25) is 16.0 Å². The normalized spacial score (nSPS) is 12.7. The van der Waals surface area contributed by atoms with Gasteiger partial charge in [-0.2, -0.15) is 0 Å². The number of pyridine rings is 1. The molecule has 0 saturated heterocycles. The number of aromatic amines is 1. The second-order valence-electron chi connectivity index (χ2n) is 7.05. The summed E-state index contributed by atoms with van der Waals surface area (Å²) in [4.78, 5) is 24.1. The van der Waals surface area contributed by atoms with Gasteiger partial charge in [0, 0.05) is 11.6 Å². The lowest BCUT2D eigenvalue weighted by molar-refractivity contribution is 0.102. The van der Waals surface area contributed by atoms with Crippen LogP contribution in [0.2, 0.25) is 0 Å². The number of carbonyl (C=O) groups is 1. The van der Waals surface area contributed by atoms with E-state index in [0.29, 0.717) is 23.1 Å². The smallest absolute Gasteiger partial charge is 0.276 e. The quantitative estimate of drug-likeness (QED) is 0.435. The van der Waals surface area contributed by atoms with Gasteiger partial charge in [0.05, 0.1) is 22.0 Å². The number of hydrogen-bond donors (Lipinski definition) is 3. The number of fused-ring (bicyclic) bond motifs is 2. The molecule has 2 heterocycles. The highest BCUT2D eigenvalue weighted by Crippen LogP contribution is 2.22. The zero-order valence-electron chi connectivity index (χ0n) is 16.5. The van der Waals surface area contributed by atoms with Crippen LogP contribution >= 0.6 is 0 Å². The summed E-state index contributed by atoms with van der Waals surface area (Å²) in [5.41, 5.74) is 1.90. The number of benzene rings is 2. The molecule has 3 N–H and O–H groups in total. The summed E-state index contributed by atoms with van der Waals surface area (Å²) in [7, 11) is -3.46. The molecule has 4 aromatic rings. The van der Waals surface area contributed by atoms with Crippen molar-refractivity contribution >= 4 is 49.4 Å². The predicted molar refractivity (Wildman–Crippen MR) is 118 cm³/mol. The molecule has 0 fully saturated rings. The molecule has 0 aliphatic rings. The molecular weight excluding hydrogens is 402 g/mol.